The van der Waals surface area contributed by atoms with Gasteiger partial charge in [0.15, 0.2) is 11.6 Å². The lowest BCUT2D eigenvalue weighted by Crippen LogP contribution is -2.43. The lowest BCUT2D eigenvalue weighted by atomic mass is 10.0. The number of benzene rings is 1. The van der Waals surface area contributed by atoms with E-state index in [0.29, 0.717) is 25.7 Å². The van der Waals surface area contributed by atoms with Gasteiger partial charge in [0, 0.05) is 50.0 Å². The monoisotopic (exact) mass is 397 g/mol. The Morgan fingerprint density at radius 3 is 2.50 bits per heavy atom. The van der Waals surface area contributed by atoms with Gasteiger partial charge in [-0.1, -0.05) is 13.8 Å². The van der Waals surface area contributed by atoms with Crippen LogP contribution in [0.25, 0.3) is 0 Å². The van der Waals surface area contributed by atoms with Crippen molar-refractivity contribution in [1.29, 1.82) is 0 Å². The fourth-order valence-electron chi connectivity index (χ4n) is 4.23. The highest BCUT2D eigenvalue weighted by Gasteiger charge is 2.44. The van der Waals surface area contributed by atoms with E-state index < -0.39 is 23.5 Å². The van der Waals surface area contributed by atoms with Crippen LogP contribution in [0.1, 0.15) is 32.3 Å². The van der Waals surface area contributed by atoms with Gasteiger partial charge in [0.25, 0.3) is 0 Å². The number of hydrogen-bond donors (Lipinski definition) is 1. The molecule has 0 spiro atoms. The van der Waals surface area contributed by atoms with Gasteiger partial charge in [-0.3, -0.25) is 9.59 Å². The van der Waals surface area contributed by atoms with Crippen LogP contribution in [0.4, 0.5) is 13.2 Å². The maximum Gasteiger partial charge on any atom is 0.225 e. The summed E-state index contributed by atoms with van der Waals surface area (Å²) in [4.78, 5) is 28.5. The molecule has 0 aromatic heterocycles. The molecule has 2 heterocycles. The molecule has 8 heteroatoms. The van der Waals surface area contributed by atoms with E-state index in [9.17, 15) is 22.8 Å². The van der Waals surface area contributed by atoms with Crippen molar-refractivity contribution >= 4 is 11.8 Å². The molecule has 0 unspecified atom stereocenters. The van der Waals surface area contributed by atoms with Crippen molar-refractivity contribution in [2.24, 2.45) is 17.6 Å². The van der Waals surface area contributed by atoms with Gasteiger partial charge in [-0.15, -0.1) is 0 Å². The standard InChI is InChI=1S/C20H26F3N3O2/c1-11(2)20(28)25-9-12-3-4-26(18(12)10-25)19(27)7-14(24)5-13-6-16(22)17(23)8-15(13)21/h6,8,11-12,14,18H,3-5,7,9-10,24H2,1-2H3/t12-,14+,18+/m0/s1. The van der Waals surface area contributed by atoms with Crippen LogP contribution in [0.5, 0.6) is 0 Å². The minimum absolute atomic E-state index is 0.0117. The van der Waals surface area contributed by atoms with Gasteiger partial charge >= 0.3 is 0 Å². The normalized spacial score (nSPS) is 22.7. The zero-order valence-corrected chi connectivity index (χ0v) is 16.1. The Kier molecular flexibility index (Phi) is 5.98. The SMILES string of the molecule is CC(C)C(=O)N1C[C@@H]2CCN(C(=O)C[C@H](N)Cc3cc(F)c(F)cc3F)[C@@H]2C1. The van der Waals surface area contributed by atoms with E-state index in [4.69, 9.17) is 5.73 Å². The zero-order chi connectivity index (χ0) is 20.6. The molecule has 3 atom stereocenters. The second kappa shape index (κ2) is 8.11. The molecule has 1 aromatic rings. The summed E-state index contributed by atoms with van der Waals surface area (Å²) in [6.07, 6.45) is 0.764. The largest absolute Gasteiger partial charge is 0.340 e. The molecule has 2 aliphatic heterocycles. The van der Waals surface area contributed by atoms with Gasteiger partial charge in [-0.25, -0.2) is 13.2 Å². The summed E-state index contributed by atoms with van der Waals surface area (Å²) >= 11 is 0. The van der Waals surface area contributed by atoms with Crippen LogP contribution >= 0.6 is 0 Å². The van der Waals surface area contributed by atoms with Crippen LogP contribution in [-0.4, -0.2) is 53.3 Å². The summed E-state index contributed by atoms with van der Waals surface area (Å²) in [6.45, 7) is 5.52. The van der Waals surface area contributed by atoms with E-state index >= 15 is 0 Å². The summed E-state index contributed by atoms with van der Waals surface area (Å²) in [5.74, 6) is -3.14. The van der Waals surface area contributed by atoms with E-state index in [-0.39, 0.29) is 48.1 Å². The fourth-order valence-corrected chi connectivity index (χ4v) is 4.23. The van der Waals surface area contributed by atoms with Crippen LogP contribution < -0.4 is 5.73 Å². The molecular weight excluding hydrogens is 371 g/mol. The number of carbonyl (C=O) groups is 2. The number of halogens is 3. The van der Waals surface area contributed by atoms with Gasteiger partial charge in [0.05, 0.1) is 6.04 Å². The van der Waals surface area contributed by atoms with Crippen LogP contribution in [0, 0.1) is 29.3 Å². The van der Waals surface area contributed by atoms with E-state index in [1.165, 1.54) is 0 Å². The number of nitrogens with two attached hydrogens (primary N) is 1. The number of fused-ring (bicyclic) bond motifs is 1. The topological polar surface area (TPSA) is 66.6 Å². The zero-order valence-electron chi connectivity index (χ0n) is 16.1. The average Bonchev–Trinajstić information content (AvgIpc) is 3.19. The summed E-state index contributed by atoms with van der Waals surface area (Å²) in [5.41, 5.74) is 5.94. The minimum Gasteiger partial charge on any atom is -0.340 e. The highest BCUT2D eigenvalue weighted by Crippen LogP contribution is 2.32. The molecule has 0 bridgehead atoms. The Balaban J connectivity index is 1.59. The van der Waals surface area contributed by atoms with Crippen LogP contribution in [0.15, 0.2) is 12.1 Å². The molecule has 2 N–H and O–H groups in total. The number of hydrogen-bond acceptors (Lipinski definition) is 3. The number of likely N-dealkylation sites (tertiary alicyclic amines) is 2. The van der Waals surface area contributed by atoms with Crippen molar-refractivity contribution in [2.45, 2.75) is 45.2 Å². The van der Waals surface area contributed by atoms with Gasteiger partial charge in [-0.05, 0) is 24.5 Å². The summed E-state index contributed by atoms with van der Waals surface area (Å²) in [7, 11) is 0. The number of rotatable bonds is 5. The van der Waals surface area contributed by atoms with Gasteiger partial charge in [0.2, 0.25) is 11.8 Å². The predicted molar refractivity (Wildman–Crippen MR) is 97.6 cm³/mol. The molecule has 0 aliphatic carbocycles. The maximum atomic E-state index is 13.8. The number of carbonyl (C=O) groups excluding carboxylic acids is 2. The van der Waals surface area contributed by atoms with E-state index in [1.807, 2.05) is 18.7 Å². The third-order valence-electron chi connectivity index (χ3n) is 5.68. The second-order valence-corrected chi connectivity index (χ2v) is 8.13. The van der Waals surface area contributed by atoms with Crippen molar-refractivity contribution in [3.63, 3.8) is 0 Å². The summed E-state index contributed by atoms with van der Waals surface area (Å²) in [5, 5.41) is 0. The third kappa shape index (κ3) is 4.16. The fraction of sp³-hybridized carbons (Fsp3) is 0.600. The molecule has 1 aromatic carbocycles. The first-order valence-corrected chi connectivity index (χ1v) is 9.64. The van der Waals surface area contributed by atoms with Crippen LogP contribution in [0.2, 0.25) is 0 Å². The Hall–Kier alpha value is -2.09. The highest BCUT2D eigenvalue weighted by molar-refractivity contribution is 5.80. The smallest absolute Gasteiger partial charge is 0.225 e. The first-order valence-electron chi connectivity index (χ1n) is 9.64. The van der Waals surface area contributed by atoms with Gasteiger partial charge in [0.1, 0.15) is 5.82 Å². The van der Waals surface area contributed by atoms with Crippen molar-refractivity contribution in [3.05, 3.63) is 35.1 Å². The molecule has 2 saturated heterocycles. The molecule has 0 radical (unpaired) electrons. The molecule has 2 amide bonds. The Morgan fingerprint density at radius 1 is 1.14 bits per heavy atom. The van der Waals surface area contributed by atoms with E-state index in [2.05, 4.69) is 0 Å². The Bertz CT molecular complexity index is 771. The average molecular weight is 397 g/mol. The molecule has 154 valence electrons. The van der Waals surface area contributed by atoms with Crippen molar-refractivity contribution < 1.29 is 22.8 Å². The number of amides is 2. The maximum absolute atomic E-state index is 13.8. The van der Waals surface area contributed by atoms with Crippen LogP contribution in [-0.2, 0) is 16.0 Å². The molecule has 0 saturated carbocycles. The molecule has 5 nitrogen and oxygen atoms in total. The Labute approximate surface area is 162 Å². The van der Waals surface area contributed by atoms with E-state index in [0.717, 1.165) is 12.5 Å². The number of nitrogens with zero attached hydrogens (tertiary/aromatic N) is 2. The predicted octanol–water partition coefficient (Wildman–Crippen LogP) is 2.08. The van der Waals surface area contributed by atoms with E-state index in [1.54, 1.807) is 4.90 Å². The quantitative estimate of drug-likeness (QED) is 0.774. The van der Waals surface area contributed by atoms with Crippen LogP contribution in [0.3, 0.4) is 0 Å². The molecule has 2 fully saturated rings. The lowest BCUT2D eigenvalue weighted by molar-refractivity contribution is -0.136. The van der Waals surface area contributed by atoms with Crippen molar-refractivity contribution in [3.8, 4) is 0 Å². The third-order valence-corrected chi connectivity index (χ3v) is 5.68. The second-order valence-electron chi connectivity index (χ2n) is 8.13. The first kappa shape index (κ1) is 20.6. The lowest BCUT2D eigenvalue weighted by Gasteiger charge is -2.26. The van der Waals surface area contributed by atoms with Crippen molar-refractivity contribution in [1.82, 2.24) is 9.80 Å². The summed E-state index contributed by atoms with van der Waals surface area (Å²) < 4.78 is 40.2. The van der Waals surface area contributed by atoms with Crippen molar-refractivity contribution in [2.75, 3.05) is 19.6 Å². The first-order chi connectivity index (χ1) is 13.2. The highest BCUT2D eigenvalue weighted by atomic mass is 19.2. The summed E-state index contributed by atoms with van der Waals surface area (Å²) in [6, 6.07) is 0.555. The Morgan fingerprint density at radius 2 is 1.82 bits per heavy atom. The molecule has 28 heavy (non-hydrogen) atoms. The molecular formula is C20H26F3N3O2. The minimum atomic E-state index is -1.25. The molecule has 3 rings (SSSR count). The van der Waals surface area contributed by atoms with Gasteiger partial charge in [-0.2, -0.15) is 0 Å². The molecule has 2 aliphatic rings. The van der Waals surface area contributed by atoms with Gasteiger partial charge < -0.3 is 15.5 Å².